The van der Waals surface area contributed by atoms with Gasteiger partial charge in [0.1, 0.15) is 0 Å². The Hall–Kier alpha value is -1.52. The molecule has 1 aliphatic heterocycles. The van der Waals surface area contributed by atoms with Gasteiger partial charge in [-0.15, -0.1) is 0 Å². The Bertz CT molecular complexity index is 612. The summed E-state index contributed by atoms with van der Waals surface area (Å²) in [6.45, 7) is 7.15. The minimum Gasteiger partial charge on any atom is -0.357 e. The van der Waals surface area contributed by atoms with Gasteiger partial charge in [-0.3, -0.25) is 9.89 Å². The molecular weight excluding hydrogens is 344 g/mol. The molecule has 0 saturated carbocycles. The normalized spacial score (nSPS) is 19.8. The Morgan fingerprint density at radius 1 is 1.19 bits per heavy atom. The van der Waals surface area contributed by atoms with Gasteiger partial charge in [-0.2, -0.15) is 0 Å². The van der Waals surface area contributed by atoms with Crippen molar-refractivity contribution in [2.75, 3.05) is 26.2 Å². The van der Waals surface area contributed by atoms with Gasteiger partial charge in [0.15, 0.2) is 5.96 Å². The van der Waals surface area contributed by atoms with Gasteiger partial charge in [0, 0.05) is 30.7 Å². The zero-order valence-corrected chi connectivity index (χ0v) is 16.5. The van der Waals surface area contributed by atoms with Crippen LogP contribution in [0.1, 0.15) is 38.2 Å². The molecule has 0 bridgehead atoms. The van der Waals surface area contributed by atoms with Gasteiger partial charge in [0.25, 0.3) is 0 Å². The summed E-state index contributed by atoms with van der Waals surface area (Å²) in [7, 11) is 0. The van der Waals surface area contributed by atoms with Crippen molar-refractivity contribution in [1.29, 1.82) is 0 Å². The predicted molar refractivity (Wildman–Crippen MR) is 111 cm³/mol. The highest BCUT2D eigenvalue weighted by Gasteiger charge is 2.20. The number of aliphatic imine (C=N–C) groups is 1. The lowest BCUT2D eigenvalue weighted by Crippen LogP contribution is -2.43. The number of hydrogen-bond donors (Lipinski definition) is 2. The SMILES string of the molecule is CCNC(=NCC1CCN(Cc2ccccc2Cl)CC1)NC1CC=CC1. The Morgan fingerprint density at radius 3 is 2.62 bits per heavy atom. The zero-order chi connectivity index (χ0) is 18.2. The lowest BCUT2D eigenvalue weighted by Gasteiger charge is -2.31. The smallest absolute Gasteiger partial charge is 0.191 e. The molecule has 5 heteroatoms. The molecule has 0 atom stereocenters. The maximum absolute atomic E-state index is 6.29. The van der Waals surface area contributed by atoms with Crippen LogP contribution in [0.25, 0.3) is 0 Å². The second kappa shape index (κ2) is 9.98. The van der Waals surface area contributed by atoms with E-state index in [-0.39, 0.29) is 0 Å². The maximum atomic E-state index is 6.29. The van der Waals surface area contributed by atoms with Gasteiger partial charge in [0.05, 0.1) is 0 Å². The molecule has 1 fully saturated rings. The third-order valence-corrected chi connectivity index (χ3v) is 5.63. The molecule has 0 amide bonds. The van der Waals surface area contributed by atoms with Crippen LogP contribution in [0, 0.1) is 5.92 Å². The van der Waals surface area contributed by atoms with E-state index in [1.807, 2.05) is 12.1 Å². The summed E-state index contributed by atoms with van der Waals surface area (Å²) in [5.41, 5.74) is 1.23. The molecule has 1 heterocycles. The molecule has 0 unspecified atom stereocenters. The molecule has 26 heavy (non-hydrogen) atoms. The first kappa shape index (κ1) is 19.2. The van der Waals surface area contributed by atoms with Crippen LogP contribution in [0.5, 0.6) is 0 Å². The number of halogens is 1. The van der Waals surface area contributed by atoms with Crippen LogP contribution in [0.3, 0.4) is 0 Å². The summed E-state index contributed by atoms with van der Waals surface area (Å²) in [5.74, 6) is 1.65. The molecule has 2 N–H and O–H groups in total. The van der Waals surface area contributed by atoms with Gasteiger partial charge in [-0.1, -0.05) is 42.0 Å². The average molecular weight is 375 g/mol. The van der Waals surface area contributed by atoms with Crippen LogP contribution in [-0.2, 0) is 6.54 Å². The predicted octanol–water partition coefficient (Wildman–Crippen LogP) is 3.83. The minimum absolute atomic E-state index is 0.505. The van der Waals surface area contributed by atoms with Crippen molar-refractivity contribution in [3.63, 3.8) is 0 Å². The highest BCUT2D eigenvalue weighted by atomic mass is 35.5. The van der Waals surface area contributed by atoms with Gasteiger partial charge in [0.2, 0.25) is 0 Å². The van der Waals surface area contributed by atoms with Crippen molar-refractivity contribution in [3.05, 3.63) is 47.0 Å². The van der Waals surface area contributed by atoms with E-state index in [9.17, 15) is 0 Å². The number of guanidine groups is 1. The van der Waals surface area contributed by atoms with E-state index in [1.165, 1.54) is 18.4 Å². The monoisotopic (exact) mass is 374 g/mol. The van der Waals surface area contributed by atoms with Crippen LogP contribution in [0.15, 0.2) is 41.4 Å². The van der Waals surface area contributed by atoms with Crippen LogP contribution in [0.4, 0.5) is 0 Å². The third-order valence-electron chi connectivity index (χ3n) is 5.26. The fourth-order valence-corrected chi connectivity index (χ4v) is 3.86. The molecular formula is C21H31ClN4. The fourth-order valence-electron chi connectivity index (χ4n) is 3.66. The molecule has 1 aromatic carbocycles. The molecule has 0 spiro atoms. The van der Waals surface area contributed by atoms with Gasteiger partial charge < -0.3 is 10.6 Å². The van der Waals surface area contributed by atoms with Gasteiger partial charge >= 0.3 is 0 Å². The summed E-state index contributed by atoms with van der Waals surface area (Å²) in [6, 6.07) is 8.68. The molecule has 1 saturated heterocycles. The van der Waals surface area contributed by atoms with Crippen molar-refractivity contribution in [3.8, 4) is 0 Å². The van der Waals surface area contributed by atoms with Crippen molar-refractivity contribution < 1.29 is 0 Å². The highest BCUT2D eigenvalue weighted by Crippen LogP contribution is 2.22. The standard InChI is InChI=1S/C21H31ClN4/c1-2-23-21(25-19-8-4-5-9-19)24-15-17-11-13-26(14-12-17)16-18-7-3-6-10-20(18)22/h3-7,10,17,19H,2,8-9,11-16H2,1H3,(H2,23,24,25). The van der Waals surface area contributed by atoms with Crippen molar-refractivity contribution in [2.24, 2.45) is 10.9 Å². The van der Waals surface area contributed by atoms with E-state index in [2.05, 4.69) is 46.7 Å². The van der Waals surface area contributed by atoms with Gasteiger partial charge in [-0.05, 0) is 63.2 Å². The Labute approximate surface area is 162 Å². The van der Waals surface area contributed by atoms with E-state index >= 15 is 0 Å². The van der Waals surface area contributed by atoms with E-state index in [1.54, 1.807) is 0 Å². The Balaban J connectivity index is 1.44. The molecule has 0 aromatic heterocycles. The first-order valence-electron chi connectivity index (χ1n) is 9.90. The fraction of sp³-hybridized carbons (Fsp3) is 0.571. The summed E-state index contributed by atoms with van der Waals surface area (Å²) in [6.07, 6.45) is 9.11. The summed E-state index contributed by atoms with van der Waals surface area (Å²) < 4.78 is 0. The van der Waals surface area contributed by atoms with Crippen molar-refractivity contribution in [1.82, 2.24) is 15.5 Å². The first-order valence-corrected chi connectivity index (χ1v) is 10.3. The topological polar surface area (TPSA) is 39.7 Å². The molecule has 142 valence electrons. The Morgan fingerprint density at radius 2 is 1.92 bits per heavy atom. The van der Waals surface area contributed by atoms with E-state index in [0.29, 0.717) is 12.0 Å². The van der Waals surface area contributed by atoms with E-state index in [4.69, 9.17) is 16.6 Å². The second-order valence-corrected chi connectivity index (χ2v) is 7.72. The molecule has 0 radical (unpaired) electrons. The van der Waals surface area contributed by atoms with Crippen LogP contribution in [0.2, 0.25) is 5.02 Å². The number of rotatable bonds is 6. The van der Waals surface area contributed by atoms with E-state index in [0.717, 1.165) is 56.5 Å². The van der Waals surface area contributed by atoms with Crippen molar-refractivity contribution >= 4 is 17.6 Å². The number of nitrogens with zero attached hydrogens (tertiary/aromatic N) is 2. The third kappa shape index (κ3) is 5.75. The summed E-state index contributed by atoms with van der Waals surface area (Å²) >= 11 is 6.29. The maximum Gasteiger partial charge on any atom is 0.191 e. The molecule has 3 rings (SSSR count). The quantitative estimate of drug-likeness (QED) is 0.451. The number of likely N-dealkylation sites (tertiary alicyclic amines) is 1. The van der Waals surface area contributed by atoms with Crippen molar-refractivity contribution in [2.45, 2.75) is 45.2 Å². The molecule has 4 nitrogen and oxygen atoms in total. The average Bonchev–Trinajstić information content (AvgIpc) is 3.16. The highest BCUT2D eigenvalue weighted by molar-refractivity contribution is 6.31. The molecule has 2 aliphatic rings. The van der Waals surface area contributed by atoms with E-state index < -0.39 is 0 Å². The van der Waals surface area contributed by atoms with Crippen LogP contribution >= 0.6 is 11.6 Å². The Kier molecular flexibility index (Phi) is 7.39. The minimum atomic E-state index is 0.505. The lowest BCUT2D eigenvalue weighted by atomic mass is 9.96. The first-order chi connectivity index (χ1) is 12.7. The lowest BCUT2D eigenvalue weighted by molar-refractivity contribution is 0.180. The molecule has 1 aliphatic carbocycles. The van der Waals surface area contributed by atoms with Crippen LogP contribution < -0.4 is 10.6 Å². The van der Waals surface area contributed by atoms with Crippen LogP contribution in [-0.4, -0.2) is 43.1 Å². The largest absolute Gasteiger partial charge is 0.357 e. The zero-order valence-electron chi connectivity index (χ0n) is 15.8. The number of piperidine rings is 1. The second-order valence-electron chi connectivity index (χ2n) is 7.31. The summed E-state index contributed by atoms with van der Waals surface area (Å²) in [5, 5.41) is 7.82. The number of hydrogen-bond acceptors (Lipinski definition) is 2. The summed E-state index contributed by atoms with van der Waals surface area (Å²) in [4.78, 5) is 7.36. The number of nitrogens with one attached hydrogen (secondary N) is 2. The van der Waals surface area contributed by atoms with Gasteiger partial charge in [-0.25, -0.2) is 0 Å². The number of benzene rings is 1. The molecule has 1 aromatic rings.